The Morgan fingerprint density at radius 2 is 1.95 bits per heavy atom. The van der Waals surface area contributed by atoms with Gasteiger partial charge in [0.25, 0.3) is 0 Å². The Balaban J connectivity index is 0.00000324. The first-order chi connectivity index (χ1) is 8.63. The molecule has 1 saturated heterocycles. The normalized spacial score (nSPS) is 20.0. The number of halogens is 1. The molecule has 1 unspecified atom stereocenters. The van der Waals surface area contributed by atoms with Crippen molar-refractivity contribution in [1.29, 1.82) is 0 Å². The predicted octanol–water partition coefficient (Wildman–Crippen LogP) is 3.21. The molecule has 2 N–H and O–H groups in total. The molecular formula is C15H31ClN2O. The summed E-state index contributed by atoms with van der Waals surface area (Å²) in [7, 11) is 0. The van der Waals surface area contributed by atoms with Gasteiger partial charge < -0.3 is 10.6 Å². The van der Waals surface area contributed by atoms with Crippen LogP contribution in [0.3, 0.4) is 0 Å². The quantitative estimate of drug-likeness (QED) is 0.816. The summed E-state index contributed by atoms with van der Waals surface area (Å²) in [6.45, 7) is 8.76. The topological polar surface area (TPSA) is 46.3 Å². The van der Waals surface area contributed by atoms with E-state index in [-0.39, 0.29) is 17.8 Å². The van der Waals surface area contributed by atoms with E-state index >= 15 is 0 Å². The first-order valence-corrected chi connectivity index (χ1v) is 7.63. The molecule has 1 amide bonds. The molecule has 1 aliphatic rings. The van der Waals surface area contributed by atoms with Crippen LogP contribution in [0.1, 0.15) is 59.3 Å². The lowest BCUT2D eigenvalue weighted by molar-refractivity contribution is -0.144. The molecule has 0 aromatic carbocycles. The van der Waals surface area contributed by atoms with Gasteiger partial charge in [-0.3, -0.25) is 4.79 Å². The molecule has 0 aromatic heterocycles. The summed E-state index contributed by atoms with van der Waals surface area (Å²) < 4.78 is 0. The van der Waals surface area contributed by atoms with Crippen LogP contribution in [0.5, 0.6) is 0 Å². The van der Waals surface area contributed by atoms with E-state index in [1.165, 1.54) is 19.3 Å². The molecule has 0 radical (unpaired) electrons. The summed E-state index contributed by atoms with van der Waals surface area (Å²) >= 11 is 0. The van der Waals surface area contributed by atoms with Crippen molar-refractivity contribution in [1.82, 2.24) is 4.90 Å². The zero-order chi connectivity index (χ0) is 13.6. The van der Waals surface area contributed by atoms with Crippen LogP contribution in [-0.2, 0) is 4.79 Å². The van der Waals surface area contributed by atoms with Gasteiger partial charge in [0, 0.05) is 19.6 Å². The third-order valence-electron chi connectivity index (χ3n) is 4.70. The number of amides is 1. The fraction of sp³-hybridized carbons (Fsp3) is 0.933. The van der Waals surface area contributed by atoms with Crippen molar-refractivity contribution in [3.8, 4) is 0 Å². The summed E-state index contributed by atoms with van der Waals surface area (Å²) in [6.07, 6.45) is 6.62. The Morgan fingerprint density at radius 1 is 1.32 bits per heavy atom. The van der Waals surface area contributed by atoms with Crippen LogP contribution in [0.25, 0.3) is 0 Å². The second-order valence-electron chi connectivity index (χ2n) is 5.74. The Morgan fingerprint density at radius 3 is 2.42 bits per heavy atom. The van der Waals surface area contributed by atoms with Crippen molar-refractivity contribution in [2.75, 3.05) is 19.6 Å². The lowest BCUT2D eigenvalue weighted by atomic mass is 9.80. The van der Waals surface area contributed by atoms with E-state index in [1.54, 1.807) is 0 Å². The SMILES string of the molecule is CCCC1CCCN(C(=O)C(CC)(CC)CN)C1.Cl. The largest absolute Gasteiger partial charge is 0.342 e. The predicted molar refractivity (Wildman–Crippen MR) is 83.5 cm³/mol. The van der Waals surface area contributed by atoms with Gasteiger partial charge in [-0.15, -0.1) is 12.4 Å². The van der Waals surface area contributed by atoms with Crippen molar-refractivity contribution >= 4 is 18.3 Å². The van der Waals surface area contributed by atoms with Crippen LogP contribution in [0, 0.1) is 11.3 Å². The molecule has 1 heterocycles. The van der Waals surface area contributed by atoms with Crippen LogP contribution in [0.4, 0.5) is 0 Å². The van der Waals surface area contributed by atoms with Gasteiger partial charge in [0.2, 0.25) is 5.91 Å². The van der Waals surface area contributed by atoms with Crippen molar-refractivity contribution in [3.05, 3.63) is 0 Å². The molecule has 0 bridgehead atoms. The number of carbonyl (C=O) groups excluding carboxylic acids is 1. The highest BCUT2D eigenvalue weighted by Gasteiger charge is 2.38. The van der Waals surface area contributed by atoms with Gasteiger partial charge in [0.15, 0.2) is 0 Å². The number of carbonyl (C=O) groups is 1. The molecule has 3 nitrogen and oxygen atoms in total. The van der Waals surface area contributed by atoms with Gasteiger partial charge in [-0.05, 0) is 38.0 Å². The highest BCUT2D eigenvalue weighted by Crippen LogP contribution is 2.30. The van der Waals surface area contributed by atoms with Crippen molar-refractivity contribution in [2.24, 2.45) is 17.1 Å². The number of hydrogen-bond donors (Lipinski definition) is 1. The van der Waals surface area contributed by atoms with E-state index in [4.69, 9.17) is 5.73 Å². The molecular weight excluding hydrogens is 260 g/mol. The average molecular weight is 291 g/mol. The minimum Gasteiger partial charge on any atom is -0.342 e. The molecule has 0 spiro atoms. The number of rotatable bonds is 6. The zero-order valence-corrected chi connectivity index (χ0v) is 13.6. The summed E-state index contributed by atoms with van der Waals surface area (Å²) in [5.41, 5.74) is 5.57. The maximum atomic E-state index is 12.7. The molecule has 1 rings (SSSR count). The smallest absolute Gasteiger partial charge is 0.230 e. The molecule has 1 atom stereocenters. The molecule has 1 fully saturated rings. The van der Waals surface area contributed by atoms with E-state index in [0.717, 1.165) is 32.4 Å². The van der Waals surface area contributed by atoms with Gasteiger partial charge in [-0.1, -0.05) is 27.2 Å². The number of piperidine rings is 1. The van der Waals surface area contributed by atoms with E-state index in [9.17, 15) is 4.79 Å². The van der Waals surface area contributed by atoms with Gasteiger partial charge in [0.05, 0.1) is 5.41 Å². The van der Waals surface area contributed by atoms with Crippen molar-refractivity contribution in [2.45, 2.75) is 59.3 Å². The third kappa shape index (κ3) is 4.35. The number of nitrogens with zero attached hydrogens (tertiary/aromatic N) is 1. The minimum atomic E-state index is -0.311. The lowest BCUT2D eigenvalue weighted by Crippen LogP contribution is -2.50. The second-order valence-corrected chi connectivity index (χ2v) is 5.74. The molecule has 0 aliphatic carbocycles. The Kier molecular flexibility index (Phi) is 8.67. The monoisotopic (exact) mass is 290 g/mol. The molecule has 4 heteroatoms. The van der Waals surface area contributed by atoms with Gasteiger partial charge in [-0.2, -0.15) is 0 Å². The Labute approximate surface area is 124 Å². The van der Waals surface area contributed by atoms with Crippen LogP contribution >= 0.6 is 12.4 Å². The third-order valence-corrected chi connectivity index (χ3v) is 4.70. The highest BCUT2D eigenvalue weighted by molar-refractivity contribution is 5.85. The first kappa shape index (κ1) is 18.7. The lowest BCUT2D eigenvalue weighted by Gasteiger charge is -2.39. The van der Waals surface area contributed by atoms with Crippen molar-refractivity contribution < 1.29 is 4.79 Å². The summed E-state index contributed by atoms with van der Waals surface area (Å²) in [6, 6.07) is 0. The minimum absolute atomic E-state index is 0. The van der Waals surface area contributed by atoms with Crippen LogP contribution in [0.2, 0.25) is 0 Å². The van der Waals surface area contributed by atoms with Gasteiger partial charge in [-0.25, -0.2) is 0 Å². The maximum absolute atomic E-state index is 12.7. The zero-order valence-electron chi connectivity index (χ0n) is 12.8. The molecule has 19 heavy (non-hydrogen) atoms. The molecule has 1 aliphatic heterocycles. The number of nitrogens with two attached hydrogens (primary N) is 1. The molecule has 0 saturated carbocycles. The van der Waals surface area contributed by atoms with E-state index in [2.05, 4.69) is 25.7 Å². The van der Waals surface area contributed by atoms with Crippen molar-refractivity contribution in [3.63, 3.8) is 0 Å². The van der Waals surface area contributed by atoms with Crippen LogP contribution in [0.15, 0.2) is 0 Å². The summed E-state index contributed by atoms with van der Waals surface area (Å²) in [5.74, 6) is 1.01. The van der Waals surface area contributed by atoms with E-state index in [1.807, 2.05) is 0 Å². The molecule has 0 aromatic rings. The first-order valence-electron chi connectivity index (χ1n) is 7.63. The van der Waals surface area contributed by atoms with Crippen LogP contribution in [-0.4, -0.2) is 30.4 Å². The number of likely N-dealkylation sites (tertiary alicyclic amines) is 1. The van der Waals surface area contributed by atoms with Crippen LogP contribution < -0.4 is 5.73 Å². The standard InChI is InChI=1S/C15H30N2O.ClH/c1-4-8-13-9-7-10-17(11-13)14(18)15(5-2,6-3)12-16;/h13H,4-12,16H2,1-3H3;1H. The highest BCUT2D eigenvalue weighted by atomic mass is 35.5. The van der Waals surface area contributed by atoms with Gasteiger partial charge in [0.1, 0.15) is 0 Å². The Hall–Kier alpha value is -0.280. The summed E-state index contributed by atoms with van der Waals surface area (Å²) in [5, 5.41) is 0. The molecule has 114 valence electrons. The number of hydrogen-bond acceptors (Lipinski definition) is 2. The fourth-order valence-corrected chi connectivity index (χ4v) is 3.16. The van der Waals surface area contributed by atoms with E-state index < -0.39 is 0 Å². The Bertz CT molecular complexity index is 257. The second kappa shape index (κ2) is 8.80. The summed E-state index contributed by atoms with van der Waals surface area (Å²) in [4.78, 5) is 14.8. The fourth-order valence-electron chi connectivity index (χ4n) is 3.16. The average Bonchev–Trinajstić information content (AvgIpc) is 2.42. The van der Waals surface area contributed by atoms with E-state index in [0.29, 0.717) is 18.4 Å². The maximum Gasteiger partial charge on any atom is 0.230 e. The van der Waals surface area contributed by atoms with Gasteiger partial charge >= 0.3 is 0 Å².